The van der Waals surface area contributed by atoms with E-state index in [1.54, 1.807) is 30.3 Å². The number of amides is 2. The zero-order valence-electron chi connectivity index (χ0n) is 18.1. The van der Waals surface area contributed by atoms with E-state index >= 15 is 0 Å². The Kier molecular flexibility index (Phi) is 7.21. The number of nitrogens with zero attached hydrogens (tertiary/aromatic N) is 2. The summed E-state index contributed by atoms with van der Waals surface area (Å²) < 4.78 is 14.3. The molecule has 3 aromatic rings. The maximum absolute atomic E-state index is 14.3. The first kappa shape index (κ1) is 24.9. The molecule has 3 aromatic carbocycles. The number of piperidine rings is 1. The Morgan fingerprint density at radius 1 is 1.00 bits per heavy atom. The molecule has 2 fully saturated rings. The van der Waals surface area contributed by atoms with Crippen LogP contribution in [0.1, 0.15) is 27.1 Å². The molecule has 170 valence electrons. The molecule has 34 heavy (non-hydrogen) atoms. The van der Waals surface area contributed by atoms with Crippen molar-refractivity contribution in [3.63, 3.8) is 0 Å². The number of halogens is 3. The van der Waals surface area contributed by atoms with E-state index in [0.717, 1.165) is 24.3 Å². The van der Waals surface area contributed by atoms with Gasteiger partial charge in [0.1, 0.15) is 5.82 Å². The number of nitrogens with two attached hydrogens (primary N) is 1. The van der Waals surface area contributed by atoms with Crippen LogP contribution in [0.4, 0.5) is 15.8 Å². The minimum Gasteiger partial charge on any atom is -0.621 e. The van der Waals surface area contributed by atoms with Crippen molar-refractivity contribution in [3.05, 3.63) is 86.9 Å². The van der Waals surface area contributed by atoms with Crippen LogP contribution in [-0.2, 0) is 27.3 Å². The van der Waals surface area contributed by atoms with Crippen LogP contribution < -0.4 is 10.6 Å². The van der Waals surface area contributed by atoms with E-state index in [-0.39, 0.29) is 37.9 Å². The van der Waals surface area contributed by atoms with E-state index in [4.69, 9.17) is 28.9 Å². The number of hydrogen-bond donors (Lipinski definition) is 1. The third-order valence-electron chi connectivity index (χ3n) is 6.26. The van der Waals surface area contributed by atoms with Gasteiger partial charge in [-0.3, -0.25) is 4.79 Å². The average molecular weight is 596 g/mol. The van der Waals surface area contributed by atoms with Gasteiger partial charge < -0.3 is 20.7 Å². The van der Waals surface area contributed by atoms with Crippen molar-refractivity contribution >= 4 is 46.4 Å². The van der Waals surface area contributed by atoms with E-state index in [1.807, 2.05) is 6.07 Å². The van der Waals surface area contributed by atoms with Crippen LogP contribution in [0.5, 0.6) is 0 Å². The van der Waals surface area contributed by atoms with Crippen molar-refractivity contribution in [2.45, 2.75) is 6.42 Å². The molecule has 0 spiro atoms. The number of fused-ring (bicyclic) bond motifs is 1. The zero-order valence-corrected chi connectivity index (χ0v) is 23.6. The van der Waals surface area contributed by atoms with Gasteiger partial charge in [0.25, 0.3) is 0 Å². The molecule has 2 amide bonds. The minimum atomic E-state index is -0.745. The molecule has 2 aliphatic rings. The van der Waals surface area contributed by atoms with Crippen molar-refractivity contribution in [2.75, 3.05) is 18.0 Å². The van der Waals surface area contributed by atoms with Gasteiger partial charge in [-0.2, -0.15) is 0 Å². The van der Waals surface area contributed by atoms with Gasteiger partial charge in [-0.1, -0.05) is 41.4 Å². The van der Waals surface area contributed by atoms with Gasteiger partial charge >= 0.3 is 0 Å². The van der Waals surface area contributed by atoms with Crippen LogP contribution in [0, 0.1) is 17.7 Å². The summed E-state index contributed by atoms with van der Waals surface area (Å²) in [5, 5.41) is 4.71. The molecule has 1 heterocycles. The fraction of sp³-hybridized carbons (Fsp3) is 0.200. The number of carbonyl (C=O) groups excluding carboxylic acids is 2. The van der Waals surface area contributed by atoms with E-state index in [0.29, 0.717) is 33.7 Å². The Labute approximate surface area is 226 Å². The fourth-order valence-corrected chi connectivity index (χ4v) is 4.87. The summed E-state index contributed by atoms with van der Waals surface area (Å²) in [7, 11) is 0. The quantitative estimate of drug-likeness (QED) is 0.357. The maximum Gasteiger partial charge on any atom is 0.248 e. The van der Waals surface area contributed by atoms with E-state index in [1.165, 1.54) is 24.6 Å². The van der Waals surface area contributed by atoms with Crippen LogP contribution in [0.2, 0.25) is 10.0 Å². The molecule has 5 nitrogen and oxygen atoms in total. The first-order valence-electron chi connectivity index (χ1n) is 10.5. The minimum absolute atomic E-state index is 0. The van der Waals surface area contributed by atoms with Crippen molar-refractivity contribution in [3.8, 4) is 11.1 Å². The number of anilines is 1. The molecule has 0 aromatic heterocycles. The third-order valence-corrected chi connectivity index (χ3v) is 6.90. The summed E-state index contributed by atoms with van der Waals surface area (Å²) in [6.45, 7) is 1.72. The summed E-state index contributed by atoms with van der Waals surface area (Å²) in [4.78, 5) is 26.7. The smallest absolute Gasteiger partial charge is 0.248 e. The third kappa shape index (κ3) is 4.81. The molecule has 0 bridgehead atoms. The molecular weight excluding hydrogens is 577 g/mol. The Hall–Kier alpha value is -2.17. The average Bonchev–Trinajstić information content (AvgIpc) is 3.39. The molecule has 1 aliphatic heterocycles. The number of hydrogen-bond acceptors (Lipinski definition) is 3. The van der Waals surface area contributed by atoms with Crippen LogP contribution in [0.3, 0.4) is 0 Å². The van der Waals surface area contributed by atoms with Crippen molar-refractivity contribution < 1.29 is 41.3 Å². The monoisotopic (exact) mass is 596 g/mol. The first-order chi connectivity index (χ1) is 15.8. The number of primary amides is 1. The summed E-state index contributed by atoms with van der Waals surface area (Å²) in [6.07, 6.45) is 1.21. The van der Waals surface area contributed by atoms with Crippen LogP contribution in [-0.4, -0.2) is 24.9 Å². The molecule has 2 N–H and O–H groups in total. The van der Waals surface area contributed by atoms with Gasteiger partial charge in [0.05, 0.1) is 16.5 Å². The molecular formula is C25H19CdCl2FN3O2-. The van der Waals surface area contributed by atoms with Gasteiger partial charge in [-0.25, -0.2) is 4.39 Å². The second kappa shape index (κ2) is 9.83. The summed E-state index contributed by atoms with van der Waals surface area (Å²) in [5.74, 6) is -0.733. The van der Waals surface area contributed by atoms with E-state index < -0.39 is 17.6 Å². The Morgan fingerprint density at radius 2 is 1.74 bits per heavy atom. The predicted octanol–water partition coefficient (Wildman–Crippen LogP) is 6.20. The van der Waals surface area contributed by atoms with Crippen LogP contribution >= 0.6 is 23.2 Å². The Balaban J connectivity index is 0.00000274. The van der Waals surface area contributed by atoms with Crippen molar-refractivity contribution in [1.82, 2.24) is 0 Å². The molecule has 0 radical (unpaired) electrons. The zero-order chi connectivity index (χ0) is 23.3. The van der Waals surface area contributed by atoms with Crippen LogP contribution in [0.25, 0.3) is 16.4 Å². The van der Waals surface area contributed by atoms with Gasteiger partial charge in [-0.05, 0) is 60.2 Å². The normalized spacial score (nSPS) is 18.1. The summed E-state index contributed by atoms with van der Waals surface area (Å²) in [5.41, 5.74) is 8.10. The standard InChI is InChI=1S/C25H20Cl2FN3O2.Cd/c26-18-6-4-14(24(29)32)9-17(18)13-5-7-21(22(10-13)31-11-15-8-16(15)12-31)30-25(33)23-19(27)2-1-3-20(23)28;/h1-7,9-10,15-16H,8,11-12H2,(H3,29,30,32,33);/p-1. The SMILES string of the molecule is NC(=O)c1ccc(Cl)c(-c2ccc([N-]C(=O)c3c(F)cccc3Cl)c(N3CC4CC4C3)c2)c1.[Cd]. The number of carbonyl (C=O) groups is 2. The first-order valence-corrected chi connectivity index (χ1v) is 11.3. The Morgan fingerprint density at radius 3 is 2.41 bits per heavy atom. The van der Waals surface area contributed by atoms with Gasteiger partial charge in [0, 0.05) is 62.2 Å². The van der Waals surface area contributed by atoms with E-state index in [9.17, 15) is 14.0 Å². The van der Waals surface area contributed by atoms with Crippen molar-refractivity contribution in [1.29, 1.82) is 0 Å². The molecule has 2 atom stereocenters. The Bertz CT molecular complexity index is 1270. The van der Waals surface area contributed by atoms with Crippen LogP contribution in [0.15, 0.2) is 54.6 Å². The second-order valence-electron chi connectivity index (χ2n) is 8.44. The molecule has 1 saturated carbocycles. The molecule has 2 unspecified atom stereocenters. The van der Waals surface area contributed by atoms with Gasteiger partial charge in [0.2, 0.25) is 5.91 Å². The topological polar surface area (TPSA) is 77.5 Å². The number of benzene rings is 3. The fourth-order valence-electron chi connectivity index (χ4n) is 4.40. The number of rotatable bonds is 5. The van der Waals surface area contributed by atoms with E-state index in [2.05, 4.69) is 10.2 Å². The van der Waals surface area contributed by atoms with Gasteiger partial charge in [-0.15, -0.1) is 5.69 Å². The molecule has 1 saturated heterocycles. The van der Waals surface area contributed by atoms with Gasteiger partial charge in [0.15, 0.2) is 0 Å². The summed E-state index contributed by atoms with van der Waals surface area (Å²) in [6, 6.07) is 14.3. The molecule has 1 aliphatic carbocycles. The molecule has 9 heteroatoms. The maximum atomic E-state index is 14.3. The van der Waals surface area contributed by atoms with Crippen molar-refractivity contribution in [2.24, 2.45) is 17.6 Å². The largest absolute Gasteiger partial charge is 0.621 e. The second-order valence-corrected chi connectivity index (χ2v) is 9.25. The molecule has 5 rings (SSSR count). The predicted molar refractivity (Wildman–Crippen MR) is 128 cm³/mol. The summed E-state index contributed by atoms with van der Waals surface area (Å²) >= 11 is 12.5.